The van der Waals surface area contributed by atoms with E-state index < -0.39 is 46.3 Å². The minimum absolute atomic E-state index is 0.308. The third-order valence-corrected chi connectivity index (χ3v) is 3.14. The van der Waals surface area contributed by atoms with Crippen LogP contribution in [0.4, 0.5) is 39.5 Å². The monoisotopic (exact) mass is 358 g/mol. The van der Waals surface area contributed by atoms with Crippen LogP contribution in [-0.4, -0.2) is 0 Å². The summed E-state index contributed by atoms with van der Waals surface area (Å²) in [5.41, 5.74) is -7.80. The van der Waals surface area contributed by atoms with Gasteiger partial charge in [-0.25, -0.2) is 0 Å². The Morgan fingerprint density at radius 2 is 0.958 bits per heavy atom. The molecule has 0 unspecified atom stereocenters. The number of benzene rings is 2. The Hall–Kier alpha value is -2.19. The van der Waals surface area contributed by atoms with Gasteiger partial charge in [0.2, 0.25) is 0 Å². The molecule has 2 aromatic rings. The molecule has 0 amide bonds. The first-order chi connectivity index (χ1) is 10.8. The van der Waals surface area contributed by atoms with Crippen molar-refractivity contribution in [2.24, 2.45) is 0 Å². The molecule has 0 aliphatic rings. The molecule has 0 aliphatic heterocycles. The zero-order chi connectivity index (χ0) is 18.3. The van der Waals surface area contributed by atoms with Gasteiger partial charge in [0.05, 0.1) is 16.7 Å². The number of hydrogen-bond donors (Lipinski definition) is 0. The Morgan fingerprint density at radius 1 is 0.542 bits per heavy atom. The van der Waals surface area contributed by atoms with E-state index in [0.29, 0.717) is 0 Å². The molecule has 0 nitrogen and oxygen atoms in total. The van der Waals surface area contributed by atoms with Gasteiger partial charge in [-0.15, -0.1) is 0 Å². The molecule has 24 heavy (non-hydrogen) atoms. The van der Waals surface area contributed by atoms with Crippen molar-refractivity contribution in [2.75, 3.05) is 0 Å². The van der Waals surface area contributed by atoms with Gasteiger partial charge in [-0.3, -0.25) is 0 Å². The summed E-state index contributed by atoms with van der Waals surface area (Å²) < 4.78 is 117. The van der Waals surface area contributed by atoms with Crippen LogP contribution in [0.2, 0.25) is 0 Å². The zero-order valence-corrected chi connectivity index (χ0v) is 11.4. The lowest BCUT2D eigenvalue weighted by atomic mass is 9.91. The van der Waals surface area contributed by atoms with E-state index in [1.54, 1.807) is 0 Å². The number of hydrogen-bond acceptors (Lipinski definition) is 0. The molecule has 0 saturated carbocycles. The van der Waals surface area contributed by atoms with E-state index in [1.807, 2.05) is 0 Å². The molecule has 0 atom stereocenters. The van der Waals surface area contributed by atoms with Crippen molar-refractivity contribution >= 4 is 0 Å². The molecule has 0 fully saturated rings. The van der Waals surface area contributed by atoms with Crippen LogP contribution in [0.3, 0.4) is 0 Å². The lowest BCUT2D eigenvalue weighted by Crippen LogP contribution is -2.18. The van der Waals surface area contributed by atoms with E-state index in [9.17, 15) is 39.5 Å². The van der Waals surface area contributed by atoms with Gasteiger partial charge in [0.15, 0.2) is 0 Å². The first kappa shape index (κ1) is 18.2. The predicted molar refractivity (Wildman–Crippen MR) is 66.9 cm³/mol. The Morgan fingerprint density at radius 3 is 1.29 bits per heavy atom. The van der Waals surface area contributed by atoms with E-state index >= 15 is 0 Å². The highest BCUT2D eigenvalue weighted by molar-refractivity contribution is 5.73. The van der Waals surface area contributed by atoms with Crippen molar-refractivity contribution in [1.29, 1.82) is 0 Å². The van der Waals surface area contributed by atoms with Crippen LogP contribution in [0.5, 0.6) is 0 Å². The average Bonchev–Trinajstić information content (AvgIpc) is 2.44. The van der Waals surface area contributed by atoms with Crippen LogP contribution in [0.15, 0.2) is 42.5 Å². The maximum atomic E-state index is 13.1. The van der Waals surface area contributed by atoms with Gasteiger partial charge in [0.1, 0.15) is 0 Å². The molecule has 2 aromatic carbocycles. The Balaban J connectivity index is 2.94. The number of rotatable bonds is 1. The van der Waals surface area contributed by atoms with Crippen LogP contribution in [0.25, 0.3) is 11.1 Å². The normalized spacial score (nSPS) is 13.2. The summed E-state index contributed by atoms with van der Waals surface area (Å²) in [6, 6.07) is 5.05. The summed E-state index contributed by atoms with van der Waals surface area (Å²) in [6.07, 6.45) is -16.1. The number of alkyl halides is 9. The van der Waals surface area contributed by atoms with Gasteiger partial charge < -0.3 is 0 Å². The molecule has 0 bridgehead atoms. The molecule has 130 valence electrons. The summed E-state index contributed by atoms with van der Waals surface area (Å²) in [5, 5.41) is 0. The molecule has 0 N–H and O–H groups in total. The van der Waals surface area contributed by atoms with Crippen LogP contribution < -0.4 is 0 Å². The lowest BCUT2D eigenvalue weighted by Gasteiger charge is -2.21. The van der Waals surface area contributed by atoms with E-state index in [1.165, 1.54) is 18.2 Å². The number of halogens is 9. The molecule has 0 aliphatic carbocycles. The lowest BCUT2D eigenvalue weighted by molar-refractivity contribution is -0.147. The summed E-state index contributed by atoms with van der Waals surface area (Å²) >= 11 is 0. The van der Waals surface area contributed by atoms with Gasteiger partial charge in [-0.2, -0.15) is 39.5 Å². The maximum Gasteiger partial charge on any atom is 0.417 e. The van der Waals surface area contributed by atoms with Crippen molar-refractivity contribution in [2.45, 2.75) is 18.5 Å². The second-order valence-corrected chi connectivity index (χ2v) is 4.81. The second-order valence-electron chi connectivity index (χ2n) is 4.81. The molecule has 0 heterocycles. The van der Waals surface area contributed by atoms with Crippen LogP contribution in [0.1, 0.15) is 16.7 Å². The van der Waals surface area contributed by atoms with Crippen molar-refractivity contribution in [3.8, 4) is 11.1 Å². The van der Waals surface area contributed by atoms with Crippen molar-refractivity contribution in [1.82, 2.24) is 0 Å². The van der Waals surface area contributed by atoms with Gasteiger partial charge in [-0.1, -0.05) is 30.3 Å². The average molecular weight is 358 g/mol. The van der Waals surface area contributed by atoms with Gasteiger partial charge in [-0.05, 0) is 17.7 Å². The topological polar surface area (TPSA) is 0 Å². The van der Waals surface area contributed by atoms with E-state index in [2.05, 4.69) is 0 Å². The Labute approximate surface area is 129 Å². The minimum Gasteiger partial charge on any atom is -0.166 e. The van der Waals surface area contributed by atoms with Crippen molar-refractivity contribution in [3.05, 3.63) is 59.2 Å². The van der Waals surface area contributed by atoms with Crippen molar-refractivity contribution in [3.63, 3.8) is 0 Å². The summed E-state index contributed by atoms with van der Waals surface area (Å²) in [4.78, 5) is 0. The summed E-state index contributed by atoms with van der Waals surface area (Å²) in [5.74, 6) is 0. The van der Waals surface area contributed by atoms with E-state index in [4.69, 9.17) is 0 Å². The molecular formula is C15H7F9. The molecule has 2 rings (SSSR count). The minimum atomic E-state index is -5.40. The first-order valence-corrected chi connectivity index (χ1v) is 6.27. The largest absolute Gasteiger partial charge is 0.417 e. The fraction of sp³-hybridized carbons (Fsp3) is 0.200. The van der Waals surface area contributed by atoms with Crippen molar-refractivity contribution < 1.29 is 39.5 Å². The Bertz CT molecular complexity index is 686. The highest BCUT2D eigenvalue weighted by atomic mass is 19.4. The first-order valence-electron chi connectivity index (χ1n) is 6.27. The third kappa shape index (κ3) is 3.65. The standard InChI is InChI=1S/C15H7F9/c16-13(17,18)9-6-10(14(19,20)21)12(8-4-2-1-3-5-8)11(7-9)15(22,23)24/h1-7H. The smallest absolute Gasteiger partial charge is 0.166 e. The highest BCUT2D eigenvalue weighted by Crippen LogP contribution is 2.47. The third-order valence-electron chi connectivity index (χ3n) is 3.14. The molecule has 0 radical (unpaired) electrons. The van der Waals surface area contributed by atoms with Gasteiger partial charge in [0, 0.05) is 5.56 Å². The quantitative estimate of drug-likeness (QED) is 0.517. The van der Waals surface area contributed by atoms with Crippen LogP contribution in [0, 0.1) is 0 Å². The second kappa shape index (κ2) is 5.71. The maximum absolute atomic E-state index is 13.1. The summed E-state index contributed by atoms with van der Waals surface area (Å²) in [7, 11) is 0. The van der Waals surface area contributed by atoms with Crippen LogP contribution >= 0.6 is 0 Å². The summed E-state index contributed by atoms with van der Waals surface area (Å²) in [6.45, 7) is 0. The molecule has 0 aromatic heterocycles. The predicted octanol–water partition coefficient (Wildman–Crippen LogP) is 6.41. The fourth-order valence-electron chi connectivity index (χ4n) is 2.17. The fourth-order valence-corrected chi connectivity index (χ4v) is 2.17. The van der Waals surface area contributed by atoms with E-state index in [0.717, 1.165) is 12.1 Å². The molecular weight excluding hydrogens is 351 g/mol. The highest BCUT2D eigenvalue weighted by Gasteiger charge is 2.44. The molecule has 0 spiro atoms. The Kier molecular flexibility index (Phi) is 4.32. The van der Waals surface area contributed by atoms with E-state index in [-0.39, 0.29) is 12.1 Å². The zero-order valence-electron chi connectivity index (χ0n) is 11.4. The SMILES string of the molecule is FC(F)(F)c1cc(C(F)(F)F)c(-c2ccccc2)c(C(F)(F)F)c1. The van der Waals surface area contributed by atoms with Crippen LogP contribution in [-0.2, 0) is 18.5 Å². The van der Waals surface area contributed by atoms with Gasteiger partial charge >= 0.3 is 18.5 Å². The van der Waals surface area contributed by atoms with Gasteiger partial charge in [0.25, 0.3) is 0 Å². The molecule has 9 heteroatoms. The molecule has 0 saturated heterocycles.